The summed E-state index contributed by atoms with van der Waals surface area (Å²) < 4.78 is 0.668. The number of rotatable bonds is 6. The number of hydrogen-bond donors (Lipinski definition) is 2. The predicted molar refractivity (Wildman–Crippen MR) is 74.7 cm³/mol. The molecule has 0 aliphatic rings. The predicted octanol–water partition coefficient (Wildman–Crippen LogP) is 2.70. The van der Waals surface area contributed by atoms with Gasteiger partial charge in [0.1, 0.15) is 0 Å². The van der Waals surface area contributed by atoms with E-state index in [1.54, 1.807) is 11.3 Å². The summed E-state index contributed by atoms with van der Waals surface area (Å²) in [5.41, 5.74) is 2.51. The molecule has 0 aliphatic carbocycles. The lowest BCUT2D eigenvalue weighted by Crippen LogP contribution is -1.98. The molecule has 8 heteroatoms. The second-order valence-electron chi connectivity index (χ2n) is 3.49. The second kappa shape index (κ2) is 6.17. The van der Waals surface area contributed by atoms with Crippen LogP contribution in [0.15, 0.2) is 15.1 Å². The molecule has 0 spiro atoms. The number of carboxylic acid groups (broad SMARTS) is 1. The smallest absolute Gasteiger partial charge is 0.313 e. The molecule has 96 valence electrons. The van der Waals surface area contributed by atoms with Crippen LogP contribution in [0.3, 0.4) is 0 Å². The highest BCUT2D eigenvalue weighted by atomic mass is 32.2. The zero-order valence-electron chi connectivity index (χ0n) is 9.54. The fourth-order valence-corrected chi connectivity index (χ4v) is 3.53. The maximum atomic E-state index is 10.4. The summed E-state index contributed by atoms with van der Waals surface area (Å²) in [7, 11) is 0. The number of carboxylic acids is 1. The quantitative estimate of drug-likeness (QED) is 0.799. The molecule has 2 aromatic heterocycles. The van der Waals surface area contributed by atoms with E-state index in [1.165, 1.54) is 34.2 Å². The Morgan fingerprint density at radius 3 is 3.00 bits per heavy atom. The van der Waals surface area contributed by atoms with E-state index in [-0.39, 0.29) is 5.75 Å². The van der Waals surface area contributed by atoms with Crippen molar-refractivity contribution in [1.29, 1.82) is 0 Å². The molecule has 0 fully saturated rings. The van der Waals surface area contributed by atoms with Gasteiger partial charge in [-0.15, -0.1) is 10.2 Å². The van der Waals surface area contributed by atoms with E-state index in [0.29, 0.717) is 16.0 Å². The molecule has 0 saturated carbocycles. The highest BCUT2D eigenvalue weighted by Crippen LogP contribution is 2.26. The van der Waals surface area contributed by atoms with Crippen molar-refractivity contribution in [3.63, 3.8) is 0 Å². The normalized spacial score (nSPS) is 10.5. The highest BCUT2D eigenvalue weighted by Gasteiger charge is 2.07. The Bertz CT molecular complexity index is 538. The maximum absolute atomic E-state index is 10.4. The molecule has 2 N–H and O–H groups in total. The van der Waals surface area contributed by atoms with Crippen LogP contribution in [0.1, 0.15) is 11.1 Å². The van der Waals surface area contributed by atoms with Crippen LogP contribution in [0.2, 0.25) is 0 Å². The summed E-state index contributed by atoms with van der Waals surface area (Å²) in [5.74, 6) is -0.836. The van der Waals surface area contributed by atoms with Crippen molar-refractivity contribution >= 4 is 45.5 Å². The van der Waals surface area contributed by atoms with Crippen LogP contribution in [0.4, 0.5) is 5.13 Å². The number of nitrogens with zero attached hydrogens (tertiary/aromatic N) is 2. The molecule has 18 heavy (non-hydrogen) atoms. The topological polar surface area (TPSA) is 75.1 Å². The third-order valence-corrected chi connectivity index (χ3v) is 5.03. The number of aliphatic carboxylic acids is 1. The molecule has 0 unspecified atom stereocenters. The third kappa shape index (κ3) is 3.69. The largest absolute Gasteiger partial charge is 0.481 e. The van der Waals surface area contributed by atoms with E-state index in [1.807, 2.05) is 0 Å². The molecule has 2 rings (SSSR count). The van der Waals surface area contributed by atoms with Gasteiger partial charge in [0.05, 0.1) is 5.75 Å². The zero-order chi connectivity index (χ0) is 13.0. The Morgan fingerprint density at radius 1 is 1.50 bits per heavy atom. The number of aromatic nitrogens is 2. The average molecular weight is 301 g/mol. The number of nitrogens with one attached hydrogen (secondary N) is 1. The summed E-state index contributed by atoms with van der Waals surface area (Å²) in [4.78, 5) is 10.4. The zero-order valence-corrected chi connectivity index (χ0v) is 12.0. The van der Waals surface area contributed by atoms with Crippen LogP contribution in [0.5, 0.6) is 0 Å². The van der Waals surface area contributed by atoms with Gasteiger partial charge in [0, 0.05) is 6.54 Å². The molecule has 0 saturated heterocycles. The number of hydrogen-bond acceptors (Lipinski definition) is 7. The van der Waals surface area contributed by atoms with Gasteiger partial charge in [-0.1, -0.05) is 23.1 Å². The van der Waals surface area contributed by atoms with Crippen LogP contribution < -0.4 is 5.32 Å². The van der Waals surface area contributed by atoms with Crippen molar-refractivity contribution in [3.05, 3.63) is 21.9 Å². The Morgan fingerprint density at radius 2 is 2.33 bits per heavy atom. The van der Waals surface area contributed by atoms with E-state index in [2.05, 4.69) is 33.2 Å². The summed E-state index contributed by atoms with van der Waals surface area (Å²) in [6.45, 7) is 2.79. The molecule has 2 aromatic rings. The minimum atomic E-state index is -0.849. The van der Waals surface area contributed by atoms with Crippen LogP contribution >= 0.6 is 34.4 Å². The molecule has 0 aliphatic heterocycles. The lowest BCUT2D eigenvalue weighted by molar-refractivity contribution is -0.133. The first-order valence-electron chi connectivity index (χ1n) is 5.09. The fourth-order valence-electron chi connectivity index (χ4n) is 1.20. The number of thioether (sulfide) groups is 1. The monoisotopic (exact) mass is 301 g/mol. The Kier molecular flexibility index (Phi) is 4.56. The summed E-state index contributed by atoms with van der Waals surface area (Å²) in [6.07, 6.45) is 0. The van der Waals surface area contributed by atoms with Crippen molar-refractivity contribution in [2.45, 2.75) is 17.8 Å². The third-order valence-electron chi connectivity index (χ3n) is 2.12. The minimum absolute atomic E-state index is 0.0122. The molecule has 0 aromatic carbocycles. The Hall–Kier alpha value is -1.12. The standard InChI is InChI=1S/C10H11N3O2S3/c1-6-3-16-4-7(6)2-11-9-12-13-10(18-9)17-5-8(14)15/h3-4H,2,5H2,1H3,(H,11,12)(H,14,15). The van der Waals surface area contributed by atoms with Crippen molar-refractivity contribution in [2.24, 2.45) is 0 Å². The van der Waals surface area contributed by atoms with Crippen molar-refractivity contribution in [2.75, 3.05) is 11.1 Å². The molecule has 5 nitrogen and oxygen atoms in total. The molecule has 0 bridgehead atoms. The minimum Gasteiger partial charge on any atom is -0.481 e. The Labute approximate surface area is 116 Å². The first-order chi connectivity index (χ1) is 8.65. The lowest BCUT2D eigenvalue weighted by Gasteiger charge is -2.00. The molecule has 0 radical (unpaired) electrons. The van der Waals surface area contributed by atoms with Gasteiger partial charge in [-0.05, 0) is 28.8 Å². The number of anilines is 1. The SMILES string of the molecule is Cc1cscc1CNc1nnc(SCC(=O)O)s1. The summed E-state index contributed by atoms with van der Waals surface area (Å²) >= 11 is 4.23. The van der Waals surface area contributed by atoms with Crippen molar-refractivity contribution < 1.29 is 9.90 Å². The lowest BCUT2D eigenvalue weighted by atomic mass is 10.2. The summed E-state index contributed by atoms with van der Waals surface area (Å²) in [6, 6.07) is 0. The van der Waals surface area contributed by atoms with E-state index in [0.717, 1.165) is 0 Å². The van der Waals surface area contributed by atoms with Crippen LogP contribution in [-0.2, 0) is 11.3 Å². The van der Waals surface area contributed by atoms with E-state index < -0.39 is 5.97 Å². The number of carbonyl (C=O) groups is 1. The van der Waals surface area contributed by atoms with Gasteiger partial charge in [-0.3, -0.25) is 4.79 Å². The number of aryl methyl sites for hydroxylation is 1. The Balaban J connectivity index is 1.87. The van der Waals surface area contributed by atoms with Crippen molar-refractivity contribution in [3.8, 4) is 0 Å². The van der Waals surface area contributed by atoms with Gasteiger partial charge in [0.25, 0.3) is 0 Å². The summed E-state index contributed by atoms with van der Waals surface area (Å²) in [5, 5.41) is 24.6. The van der Waals surface area contributed by atoms with Gasteiger partial charge < -0.3 is 10.4 Å². The van der Waals surface area contributed by atoms with Gasteiger partial charge in [0.2, 0.25) is 5.13 Å². The molecule has 2 heterocycles. The average Bonchev–Trinajstić information content (AvgIpc) is 2.93. The van der Waals surface area contributed by atoms with E-state index in [4.69, 9.17) is 5.11 Å². The van der Waals surface area contributed by atoms with Crippen LogP contribution in [-0.4, -0.2) is 27.0 Å². The van der Waals surface area contributed by atoms with Crippen molar-refractivity contribution in [1.82, 2.24) is 10.2 Å². The molecule has 0 atom stereocenters. The van der Waals surface area contributed by atoms with Gasteiger partial charge in [0.15, 0.2) is 4.34 Å². The van der Waals surface area contributed by atoms with E-state index in [9.17, 15) is 4.79 Å². The first-order valence-corrected chi connectivity index (χ1v) is 7.83. The molecular formula is C10H11N3O2S3. The second-order valence-corrected chi connectivity index (χ2v) is 6.43. The van der Waals surface area contributed by atoms with E-state index >= 15 is 0 Å². The van der Waals surface area contributed by atoms with Gasteiger partial charge in [-0.25, -0.2) is 0 Å². The van der Waals surface area contributed by atoms with Gasteiger partial charge in [-0.2, -0.15) is 11.3 Å². The fraction of sp³-hybridized carbons (Fsp3) is 0.300. The highest BCUT2D eigenvalue weighted by molar-refractivity contribution is 8.01. The van der Waals surface area contributed by atoms with Crippen LogP contribution in [0, 0.1) is 6.92 Å². The van der Waals surface area contributed by atoms with Gasteiger partial charge >= 0.3 is 5.97 Å². The maximum Gasteiger partial charge on any atom is 0.313 e. The number of thiophene rings is 1. The molecule has 0 amide bonds. The molecular weight excluding hydrogens is 290 g/mol. The van der Waals surface area contributed by atoms with Crippen LogP contribution in [0.25, 0.3) is 0 Å². The first kappa shape index (κ1) is 13.3.